The highest BCUT2D eigenvalue weighted by atomic mass is 19.1. The average molecular weight is 286 g/mol. The average Bonchev–Trinajstić information content (AvgIpc) is 2.42. The van der Waals surface area contributed by atoms with Crippen molar-refractivity contribution in [1.82, 2.24) is 5.32 Å². The smallest absolute Gasteiger partial charge is 0.304 e. The number of nitrogens with zero attached hydrogens (tertiary/aromatic N) is 1. The molecule has 1 aromatic carbocycles. The van der Waals surface area contributed by atoms with Gasteiger partial charge in [-0.1, -0.05) is 0 Å². The van der Waals surface area contributed by atoms with Crippen LogP contribution in [0.4, 0.5) is 10.1 Å². The lowest BCUT2D eigenvalue weighted by atomic mass is 10.2. The van der Waals surface area contributed by atoms with Crippen LogP contribution in [0.5, 0.6) is 0 Å². The van der Waals surface area contributed by atoms with Crippen LogP contribution < -0.4 is 5.32 Å². The van der Waals surface area contributed by atoms with Crippen LogP contribution in [0.25, 0.3) is 0 Å². The summed E-state index contributed by atoms with van der Waals surface area (Å²) in [6.45, 7) is 0.479. The second-order valence-corrected chi connectivity index (χ2v) is 3.95. The largest absolute Gasteiger partial charge is 0.382 e. The molecule has 0 spiro atoms. The number of nitrogens with one attached hydrogen (secondary N) is 1. The highest BCUT2D eigenvalue weighted by Gasteiger charge is 2.17. The van der Waals surface area contributed by atoms with Gasteiger partial charge in [0.2, 0.25) is 5.82 Å². The van der Waals surface area contributed by atoms with Crippen molar-refractivity contribution in [2.24, 2.45) is 0 Å². The Balaban J connectivity index is 2.68. The molecule has 0 aliphatic heterocycles. The molecular formula is C12H15FN2O5. The maximum atomic E-state index is 13.4. The first-order valence-corrected chi connectivity index (χ1v) is 5.73. The number of ether oxygens (including phenoxy) is 2. The number of carbonyl (C=O) groups excluding carboxylic acids is 1. The van der Waals surface area contributed by atoms with Gasteiger partial charge in [-0.2, -0.15) is 4.39 Å². The van der Waals surface area contributed by atoms with Crippen molar-refractivity contribution < 1.29 is 23.6 Å². The summed E-state index contributed by atoms with van der Waals surface area (Å²) in [7, 11) is 2.97. The monoisotopic (exact) mass is 286 g/mol. The molecule has 7 nitrogen and oxygen atoms in total. The number of hydrogen-bond acceptors (Lipinski definition) is 5. The molecule has 0 fully saturated rings. The second-order valence-electron chi connectivity index (χ2n) is 3.95. The lowest BCUT2D eigenvalue weighted by molar-refractivity contribution is -0.387. The standard InChI is InChI=1S/C12H15FN2O5/c1-19-7-9(20-2)6-14-12(16)8-3-4-11(15(17)18)10(13)5-8/h3-5,9H,6-7H2,1-2H3,(H,14,16). The van der Waals surface area contributed by atoms with Gasteiger partial charge in [-0.15, -0.1) is 0 Å². The van der Waals surface area contributed by atoms with Crippen LogP contribution in [0.1, 0.15) is 10.4 Å². The molecule has 0 saturated heterocycles. The minimum atomic E-state index is -1.05. The van der Waals surface area contributed by atoms with Gasteiger partial charge in [0.05, 0.1) is 17.6 Å². The van der Waals surface area contributed by atoms with E-state index in [1.165, 1.54) is 20.3 Å². The number of benzene rings is 1. The minimum absolute atomic E-state index is 0.000342. The molecule has 1 N–H and O–H groups in total. The quantitative estimate of drug-likeness (QED) is 0.599. The summed E-state index contributed by atoms with van der Waals surface area (Å²) in [5.74, 6) is -1.60. The van der Waals surface area contributed by atoms with Crippen molar-refractivity contribution in [2.75, 3.05) is 27.4 Å². The Morgan fingerprint density at radius 2 is 2.20 bits per heavy atom. The van der Waals surface area contributed by atoms with Gasteiger partial charge in [0, 0.05) is 32.4 Å². The van der Waals surface area contributed by atoms with Crippen molar-refractivity contribution in [1.29, 1.82) is 0 Å². The molecule has 8 heteroatoms. The Morgan fingerprint density at radius 1 is 1.50 bits per heavy atom. The Kier molecular flexibility index (Phi) is 6.01. The molecule has 110 valence electrons. The number of methoxy groups -OCH3 is 2. The molecule has 1 atom stereocenters. The first kappa shape index (κ1) is 16.0. The third-order valence-corrected chi connectivity index (χ3v) is 2.58. The van der Waals surface area contributed by atoms with Crippen molar-refractivity contribution in [3.8, 4) is 0 Å². The number of hydrogen-bond donors (Lipinski definition) is 1. The Bertz CT molecular complexity index is 495. The highest BCUT2D eigenvalue weighted by molar-refractivity contribution is 5.94. The zero-order valence-corrected chi connectivity index (χ0v) is 11.1. The van der Waals surface area contributed by atoms with Crippen molar-refractivity contribution in [3.63, 3.8) is 0 Å². The molecule has 0 radical (unpaired) electrons. The predicted molar refractivity (Wildman–Crippen MR) is 68.1 cm³/mol. The summed E-state index contributed by atoms with van der Waals surface area (Å²) < 4.78 is 23.3. The Morgan fingerprint density at radius 3 is 2.70 bits per heavy atom. The fraction of sp³-hybridized carbons (Fsp3) is 0.417. The van der Waals surface area contributed by atoms with E-state index in [0.717, 1.165) is 12.1 Å². The molecule has 1 unspecified atom stereocenters. The number of nitro groups is 1. The molecule has 0 bridgehead atoms. The fourth-order valence-electron chi connectivity index (χ4n) is 1.50. The van der Waals surface area contributed by atoms with E-state index in [9.17, 15) is 19.3 Å². The van der Waals surface area contributed by atoms with E-state index >= 15 is 0 Å². The number of rotatable bonds is 7. The number of amides is 1. The highest BCUT2D eigenvalue weighted by Crippen LogP contribution is 2.17. The topological polar surface area (TPSA) is 90.7 Å². The minimum Gasteiger partial charge on any atom is -0.382 e. The van der Waals surface area contributed by atoms with E-state index in [0.29, 0.717) is 6.61 Å². The molecule has 0 aromatic heterocycles. The number of carbonyl (C=O) groups is 1. The third-order valence-electron chi connectivity index (χ3n) is 2.58. The van der Waals surface area contributed by atoms with E-state index < -0.39 is 22.3 Å². The summed E-state index contributed by atoms with van der Waals surface area (Å²) in [4.78, 5) is 21.4. The second kappa shape index (κ2) is 7.51. The van der Waals surface area contributed by atoms with Crippen molar-refractivity contribution >= 4 is 11.6 Å². The number of nitro benzene ring substituents is 1. The van der Waals surface area contributed by atoms with Crippen LogP contribution in [0.3, 0.4) is 0 Å². The van der Waals surface area contributed by atoms with Gasteiger partial charge in [-0.25, -0.2) is 0 Å². The molecule has 1 rings (SSSR count). The van der Waals surface area contributed by atoms with Crippen LogP contribution in [0.15, 0.2) is 18.2 Å². The van der Waals surface area contributed by atoms with Gasteiger partial charge in [-0.05, 0) is 12.1 Å². The van der Waals surface area contributed by atoms with Gasteiger partial charge >= 0.3 is 5.69 Å². The van der Waals surface area contributed by atoms with Gasteiger partial charge < -0.3 is 14.8 Å². The zero-order chi connectivity index (χ0) is 15.1. The molecule has 0 heterocycles. The first-order chi connectivity index (χ1) is 9.49. The van der Waals surface area contributed by atoms with Gasteiger partial charge in [0.1, 0.15) is 0 Å². The molecule has 0 aliphatic carbocycles. The van der Waals surface area contributed by atoms with Crippen LogP contribution in [-0.4, -0.2) is 44.3 Å². The summed E-state index contributed by atoms with van der Waals surface area (Å²) in [6.07, 6.45) is -0.327. The van der Waals surface area contributed by atoms with E-state index in [1.54, 1.807) is 0 Å². The Labute approximate surface area is 114 Å². The third kappa shape index (κ3) is 4.25. The molecule has 1 amide bonds. The number of halogens is 1. The zero-order valence-electron chi connectivity index (χ0n) is 11.1. The van der Waals surface area contributed by atoms with Crippen LogP contribution in [0, 0.1) is 15.9 Å². The van der Waals surface area contributed by atoms with E-state index in [1.807, 2.05) is 0 Å². The van der Waals surface area contributed by atoms with Crippen LogP contribution in [-0.2, 0) is 9.47 Å². The van der Waals surface area contributed by atoms with Gasteiger partial charge in [-0.3, -0.25) is 14.9 Å². The summed E-state index contributed by atoms with van der Waals surface area (Å²) in [5, 5.41) is 13.0. The Hall–Kier alpha value is -2.06. The molecule has 20 heavy (non-hydrogen) atoms. The summed E-state index contributed by atoms with van der Waals surface area (Å²) in [5.41, 5.74) is -0.670. The molecule has 0 saturated carbocycles. The molecule has 0 aliphatic rings. The van der Waals surface area contributed by atoms with Gasteiger partial charge in [0.25, 0.3) is 5.91 Å². The first-order valence-electron chi connectivity index (χ1n) is 5.73. The van der Waals surface area contributed by atoms with Gasteiger partial charge in [0.15, 0.2) is 0 Å². The maximum Gasteiger partial charge on any atom is 0.304 e. The maximum absolute atomic E-state index is 13.4. The predicted octanol–water partition coefficient (Wildman–Crippen LogP) is 1.13. The summed E-state index contributed by atoms with van der Waals surface area (Å²) >= 11 is 0. The van der Waals surface area contributed by atoms with E-state index in [-0.39, 0.29) is 18.2 Å². The lowest BCUT2D eigenvalue weighted by Crippen LogP contribution is -2.35. The summed E-state index contributed by atoms with van der Waals surface area (Å²) in [6, 6.07) is 2.97. The van der Waals surface area contributed by atoms with Crippen molar-refractivity contribution in [2.45, 2.75) is 6.10 Å². The van der Waals surface area contributed by atoms with E-state index in [4.69, 9.17) is 9.47 Å². The van der Waals surface area contributed by atoms with Crippen LogP contribution >= 0.6 is 0 Å². The SMILES string of the molecule is COCC(CNC(=O)c1ccc([N+](=O)[O-])c(F)c1)OC. The molecule has 1 aromatic rings. The normalized spacial score (nSPS) is 11.9. The van der Waals surface area contributed by atoms with Crippen molar-refractivity contribution in [3.05, 3.63) is 39.7 Å². The fourth-order valence-corrected chi connectivity index (χ4v) is 1.50. The van der Waals surface area contributed by atoms with Crippen LogP contribution in [0.2, 0.25) is 0 Å². The van der Waals surface area contributed by atoms with E-state index in [2.05, 4.69) is 5.32 Å². The lowest BCUT2D eigenvalue weighted by Gasteiger charge is -2.14. The molecular weight excluding hydrogens is 271 g/mol.